The highest BCUT2D eigenvalue weighted by Crippen LogP contribution is 2.15. The smallest absolute Gasteiger partial charge is 0.249 e. The first-order chi connectivity index (χ1) is 8.49. The molecule has 1 atom stereocenters. The molecule has 0 aromatic heterocycles. The Bertz CT molecular complexity index is 425. The Morgan fingerprint density at radius 2 is 2.17 bits per heavy atom. The number of rotatable bonds is 2. The van der Waals surface area contributed by atoms with Crippen molar-refractivity contribution in [3.63, 3.8) is 0 Å². The largest absolute Gasteiger partial charge is 0.323 e. The predicted molar refractivity (Wildman–Crippen MR) is 63.4 cm³/mol. The molecule has 2 fully saturated rings. The lowest BCUT2D eigenvalue weighted by Crippen LogP contribution is -2.60. The Hall–Kier alpha value is -1.57. The normalized spacial score (nSPS) is 24.5. The molecule has 4 amide bonds. The molecule has 98 valence electrons. The zero-order valence-electron chi connectivity index (χ0n) is 9.84. The number of carbonyl (C=O) groups excluding carboxylic acids is 4. The summed E-state index contributed by atoms with van der Waals surface area (Å²) in [5.41, 5.74) is 0. The SMILES string of the molecule is CC1C(=O)NC(=O)CN1C(=O)CN1CSCC1=O. The van der Waals surface area contributed by atoms with Crippen molar-refractivity contribution < 1.29 is 19.2 Å². The average molecular weight is 271 g/mol. The standard InChI is InChI=1S/C10H13N3O4S/c1-6-10(17)11-7(14)2-13(6)8(15)3-12-5-18-4-9(12)16/h6H,2-5H2,1H3,(H,11,14,17). The van der Waals surface area contributed by atoms with Crippen molar-refractivity contribution in [1.29, 1.82) is 0 Å². The third kappa shape index (κ3) is 2.47. The van der Waals surface area contributed by atoms with Crippen LogP contribution in [0.3, 0.4) is 0 Å². The van der Waals surface area contributed by atoms with Gasteiger partial charge in [-0.1, -0.05) is 0 Å². The number of hydrogen-bond acceptors (Lipinski definition) is 5. The first-order valence-corrected chi connectivity index (χ1v) is 6.63. The quantitative estimate of drug-likeness (QED) is 0.611. The monoisotopic (exact) mass is 271 g/mol. The molecular weight excluding hydrogens is 258 g/mol. The number of amides is 4. The summed E-state index contributed by atoms with van der Waals surface area (Å²) >= 11 is 1.44. The molecule has 0 spiro atoms. The molecule has 0 aromatic rings. The zero-order valence-corrected chi connectivity index (χ0v) is 10.7. The van der Waals surface area contributed by atoms with E-state index in [0.717, 1.165) is 0 Å². The summed E-state index contributed by atoms with van der Waals surface area (Å²) in [6, 6.07) is -0.680. The van der Waals surface area contributed by atoms with Crippen LogP contribution >= 0.6 is 11.8 Å². The van der Waals surface area contributed by atoms with E-state index in [2.05, 4.69) is 5.32 Å². The van der Waals surface area contributed by atoms with E-state index in [1.165, 1.54) is 21.6 Å². The molecular formula is C10H13N3O4S. The first kappa shape index (κ1) is 12.9. The minimum absolute atomic E-state index is 0.0727. The zero-order chi connectivity index (χ0) is 13.3. The van der Waals surface area contributed by atoms with Crippen LogP contribution in [0, 0.1) is 0 Å². The topological polar surface area (TPSA) is 86.8 Å². The summed E-state index contributed by atoms with van der Waals surface area (Å²) in [7, 11) is 0. The average Bonchev–Trinajstić information content (AvgIpc) is 2.69. The minimum Gasteiger partial charge on any atom is -0.323 e. The second-order valence-corrected chi connectivity index (χ2v) is 5.13. The van der Waals surface area contributed by atoms with Crippen molar-refractivity contribution in [2.24, 2.45) is 0 Å². The molecule has 2 heterocycles. The highest BCUT2D eigenvalue weighted by Gasteiger charge is 2.35. The minimum atomic E-state index is -0.680. The van der Waals surface area contributed by atoms with Gasteiger partial charge in [-0.2, -0.15) is 0 Å². The van der Waals surface area contributed by atoms with Gasteiger partial charge in [0.1, 0.15) is 19.1 Å². The molecule has 0 aromatic carbocycles. The number of nitrogens with zero attached hydrogens (tertiary/aromatic N) is 2. The number of hydrogen-bond donors (Lipinski definition) is 1. The van der Waals surface area contributed by atoms with Crippen LogP contribution in [-0.2, 0) is 19.2 Å². The van der Waals surface area contributed by atoms with Crippen LogP contribution in [0.25, 0.3) is 0 Å². The fourth-order valence-corrected chi connectivity index (χ4v) is 2.72. The lowest BCUT2D eigenvalue weighted by molar-refractivity contribution is -0.150. The molecule has 2 saturated heterocycles. The summed E-state index contributed by atoms with van der Waals surface area (Å²) in [6.07, 6.45) is 0. The molecule has 18 heavy (non-hydrogen) atoms. The lowest BCUT2D eigenvalue weighted by Gasteiger charge is -2.32. The summed E-state index contributed by atoms with van der Waals surface area (Å²) < 4.78 is 0. The predicted octanol–water partition coefficient (Wildman–Crippen LogP) is -1.61. The van der Waals surface area contributed by atoms with E-state index in [9.17, 15) is 19.2 Å². The second kappa shape index (κ2) is 4.97. The maximum atomic E-state index is 12.0. The molecule has 0 bridgehead atoms. The first-order valence-electron chi connectivity index (χ1n) is 5.47. The lowest BCUT2D eigenvalue weighted by atomic mass is 10.2. The van der Waals surface area contributed by atoms with Crippen molar-refractivity contribution in [2.45, 2.75) is 13.0 Å². The van der Waals surface area contributed by atoms with Gasteiger partial charge in [0.25, 0.3) is 0 Å². The molecule has 1 N–H and O–H groups in total. The molecule has 0 radical (unpaired) electrons. The van der Waals surface area contributed by atoms with E-state index in [1.54, 1.807) is 6.92 Å². The van der Waals surface area contributed by atoms with Gasteiger partial charge in [0.15, 0.2) is 0 Å². The van der Waals surface area contributed by atoms with Crippen LogP contribution in [0.4, 0.5) is 0 Å². The van der Waals surface area contributed by atoms with Crippen LogP contribution in [0.2, 0.25) is 0 Å². The summed E-state index contributed by atoms with van der Waals surface area (Å²) in [5.74, 6) is -0.583. The number of carbonyl (C=O) groups is 4. The maximum absolute atomic E-state index is 12.0. The van der Waals surface area contributed by atoms with Crippen molar-refractivity contribution >= 4 is 35.4 Å². The van der Waals surface area contributed by atoms with Crippen LogP contribution in [0.15, 0.2) is 0 Å². The van der Waals surface area contributed by atoms with Crippen molar-refractivity contribution in [3.05, 3.63) is 0 Å². The van der Waals surface area contributed by atoms with Crippen molar-refractivity contribution in [2.75, 3.05) is 24.7 Å². The Morgan fingerprint density at radius 1 is 1.44 bits per heavy atom. The Morgan fingerprint density at radius 3 is 2.78 bits per heavy atom. The molecule has 0 saturated carbocycles. The maximum Gasteiger partial charge on any atom is 0.249 e. The van der Waals surface area contributed by atoms with Gasteiger partial charge in [-0.3, -0.25) is 24.5 Å². The van der Waals surface area contributed by atoms with Gasteiger partial charge in [0.05, 0.1) is 11.6 Å². The van der Waals surface area contributed by atoms with Gasteiger partial charge in [0.2, 0.25) is 23.6 Å². The highest BCUT2D eigenvalue weighted by atomic mass is 32.2. The molecule has 2 aliphatic rings. The van der Waals surface area contributed by atoms with E-state index in [-0.39, 0.29) is 24.9 Å². The van der Waals surface area contributed by atoms with E-state index < -0.39 is 17.9 Å². The summed E-state index contributed by atoms with van der Waals surface area (Å²) in [6.45, 7) is 1.35. The van der Waals surface area contributed by atoms with Crippen LogP contribution in [-0.4, -0.2) is 64.2 Å². The van der Waals surface area contributed by atoms with Crippen molar-refractivity contribution in [1.82, 2.24) is 15.1 Å². The van der Waals surface area contributed by atoms with Gasteiger partial charge >= 0.3 is 0 Å². The van der Waals surface area contributed by atoms with Gasteiger partial charge in [-0.25, -0.2) is 0 Å². The Labute approximate surface area is 108 Å². The number of imide groups is 1. The number of nitrogens with one attached hydrogen (secondary N) is 1. The van der Waals surface area contributed by atoms with Gasteiger partial charge < -0.3 is 9.80 Å². The molecule has 0 aliphatic carbocycles. The summed E-state index contributed by atoms with van der Waals surface area (Å²) in [4.78, 5) is 48.7. The fraction of sp³-hybridized carbons (Fsp3) is 0.600. The van der Waals surface area contributed by atoms with Gasteiger partial charge in [-0.05, 0) is 6.92 Å². The van der Waals surface area contributed by atoms with E-state index >= 15 is 0 Å². The van der Waals surface area contributed by atoms with Crippen LogP contribution < -0.4 is 5.32 Å². The second-order valence-electron chi connectivity index (χ2n) is 4.18. The molecule has 2 rings (SSSR count). The van der Waals surface area contributed by atoms with Gasteiger partial charge in [0, 0.05) is 0 Å². The Kier molecular flexibility index (Phi) is 3.55. The van der Waals surface area contributed by atoms with Crippen molar-refractivity contribution in [3.8, 4) is 0 Å². The number of thioether (sulfide) groups is 1. The van der Waals surface area contributed by atoms with E-state index in [1.807, 2.05) is 0 Å². The third-order valence-electron chi connectivity index (χ3n) is 2.90. The molecule has 8 heteroatoms. The van der Waals surface area contributed by atoms with Crippen LogP contribution in [0.1, 0.15) is 6.92 Å². The van der Waals surface area contributed by atoms with Gasteiger partial charge in [-0.15, -0.1) is 11.8 Å². The number of piperazine rings is 1. The van der Waals surface area contributed by atoms with E-state index in [0.29, 0.717) is 11.6 Å². The highest BCUT2D eigenvalue weighted by molar-refractivity contribution is 8.00. The molecule has 2 aliphatic heterocycles. The third-order valence-corrected chi connectivity index (χ3v) is 3.84. The molecule has 7 nitrogen and oxygen atoms in total. The summed E-state index contributed by atoms with van der Waals surface area (Å²) in [5, 5.41) is 2.16. The van der Waals surface area contributed by atoms with E-state index in [4.69, 9.17) is 0 Å². The fourth-order valence-electron chi connectivity index (χ4n) is 1.81. The van der Waals surface area contributed by atoms with Crippen LogP contribution in [0.5, 0.6) is 0 Å². The Balaban J connectivity index is 2.01. The molecule has 1 unspecified atom stereocenters.